The molecule has 91 heavy (non-hydrogen) atoms. The Kier molecular flexibility index (Phi) is 45.5. The number of carbonyl (C=O) groups excluding carboxylic acids is 1. The monoisotopic (exact) mass is 1280 g/mol. The van der Waals surface area contributed by atoms with Crippen molar-refractivity contribution >= 4 is 5.91 Å². The van der Waals surface area contributed by atoms with Gasteiger partial charge in [0.25, 0.3) is 0 Å². The first-order valence-electron chi connectivity index (χ1n) is 32.9. The molecule has 3 aliphatic rings. The van der Waals surface area contributed by atoms with Crippen LogP contribution in [0.2, 0.25) is 0 Å². The number of ether oxygens (including phenoxy) is 6. The standard InChI is InChI=1S/C72H111NO18/c1-3-5-7-9-11-13-14-15-16-17-18-19-20-21-22-23-24-25-26-27-28-29-30-31-32-33-34-35-36-37-38-39-40-42-44-46-48-50-60(78)73-55(56(77)49-47-45-43-41-12-10-8-6-4-2)54-86-70-66(84)63(81)68(58(52-75)88-70)91-72-67(85)64(82)69(59(53-76)89-72)90-71-65(83)62(80)61(79)57(51-74)87-71/h4-7,11-13,15-16,18-19,21-22,24-25,27-28,30-31,33-34,36-37,39-41,47,49,55-59,61-72,74-77,79-85H,3,8-10,14,17,20,23,26,29,32,35,38,42-46,48,50-54H2,1-2H3,(H,73,78)/b6-4+,7-5-,13-11-,16-15-,19-18-,22-21-,25-24-,28-27-,31-30-,34-33-,37-36-,40-39-,41-12+,49-47+. The third kappa shape index (κ3) is 33.7. The van der Waals surface area contributed by atoms with Gasteiger partial charge in [-0.15, -0.1) is 0 Å². The van der Waals surface area contributed by atoms with E-state index in [2.05, 4.69) is 164 Å². The Labute approximate surface area is 541 Å². The van der Waals surface area contributed by atoms with Gasteiger partial charge < -0.3 is 89.9 Å². The molecule has 3 fully saturated rings. The van der Waals surface area contributed by atoms with Crippen LogP contribution in [0.3, 0.4) is 0 Å². The summed E-state index contributed by atoms with van der Waals surface area (Å²) in [7, 11) is 0. The molecule has 512 valence electrons. The van der Waals surface area contributed by atoms with Crippen molar-refractivity contribution in [1.29, 1.82) is 0 Å². The minimum absolute atomic E-state index is 0.178. The minimum Gasteiger partial charge on any atom is -0.394 e. The number of hydrogen-bond donors (Lipinski definition) is 12. The zero-order chi connectivity index (χ0) is 66.1. The van der Waals surface area contributed by atoms with Crippen molar-refractivity contribution < 1.29 is 89.4 Å². The molecule has 17 atom stereocenters. The van der Waals surface area contributed by atoms with Crippen LogP contribution in [0.15, 0.2) is 170 Å². The molecule has 19 nitrogen and oxygen atoms in total. The summed E-state index contributed by atoms with van der Waals surface area (Å²) in [5.74, 6) is -0.335. The number of aliphatic hydroxyl groups is 11. The molecule has 0 bridgehead atoms. The third-order valence-electron chi connectivity index (χ3n) is 15.1. The predicted octanol–water partition coefficient (Wildman–Crippen LogP) is 7.93. The van der Waals surface area contributed by atoms with E-state index >= 15 is 0 Å². The minimum atomic E-state index is -1.99. The smallest absolute Gasteiger partial charge is 0.220 e. The van der Waals surface area contributed by atoms with Crippen LogP contribution in [0.5, 0.6) is 0 Å². The third-order valence-corrected chi connectivity index (χ3v) is 15.1. The Morgan fingerprint density at radius 1 is 0.418 bits per heavy atom. The van der Waals surface area contributed by atoms with Crippen molar-refractivity contribution in [3.63, 3.8) is 0 Å². The topological polar surface area (TPSA) is 307 Å². The van der Waals surface area contributed by atoms with Crippen LogP contribution in [0, 0.1) is 0 Å². The number of nitrogens with one attached hydrogen (secondary N) is 1. The number of carbonyl (C=O) groups is 1. The van der Waals surface area contributed by atoms with Crippen molar-refractivity contribution in [2.75, 3.05) is 26.4 Å². The molecule has 3 aliphatic heterocycles. The molecular weight excluding hydrogens is 1170 g/mol. The van der Waals surface area contributed by atoms with Crippen LogP contribution in [0.25, 0.3) is 0 Å². The van der Waals surface area contributed by atoms with Crippen LogP contribution in [0.4, 0.5) is 0 Å². The van der Waals surface area contributed by atoms with Gasteiger partial charge in [0.2, 0.25) is 5.91 Å². The highest BCUT2D eigenvalue weighted by Gasteiger charge is 2.53. The van der Waals surface area contributed by atoms with Crippen LogP contribution in [-0.4, -0.2) is 193 Å². The molecule has 3 heterocycles. The van der Waals surface area contributed by atoms with E-state index < -0.39 is 131 Å². The Morgan fingerprint density at radius 3 is 1.21 bits per heavy atom. The molecule has 12 N–H and O–H groups in total. The molecule has 3 rings (SSSR count). The van der Waals surface area contributed by atoms with E-state index in [0.717, 1.165) is 109 Å². The lowest BCUT2D eigenvalue weighted by Gasteiger charge is -2.48. The molecule has 0 saturated carbocycles. The van der Waals surface area contributed by atoms with Crippen molar-refractivity contribution in [3.8, 4) is 0 Å². The van der Waals surface area contributed by atoms with Crippen molar-refractivity contribution in [2.24, 2.45) is 0 Å². The Balaban J connectivity index is 1.37. The van der Waals surface area contributed by atoms with E-state index in [1.54, 1.807) is 12.2 Å². The van der Waals surface area contributed by atoms with E-state index in [1.807, 2.05) is 13.0 Å². The largest absolute Gasteiger partial charge is 0.394 e. The zero-order valence-electron chi connectivity index (χ0n) is 53.7. The molecule has 17 unspecified atom stereocenters. The number of allylic oxidation sites excluding steroid dienone is 27. The molecular formula is C72H111NO18. The Bertz CT molecular complexity index is 2310. The second-order valence-electron chi connectivity index (χ2n) is 22.5. The Hall–Kier alpha value is -4.85. The Morgan fingerprint density at radius 2 is 0.780 bits per heavy atom. The van der Waals surface area contributed by atoms with Crippen molar-refractivity contribution in [3.05, 3.63) is 170 Å². The van der Waals surface area contributed by atoms with E-state index in [1.165, 1.54) is 0 Å². The summed E-state index contributed by atoms with van der Waals surface area (Å²) in [5.41, 5.74) is 0. The van der Waals surface area contributed by atoms with Crippen molar-refractivity contribution in [2.45, 2.75) is 247 Å². The fourth-order valence-electron chi connectivity index (χ4n) is 9.76. The SMILES string of the molecule is C/C=C/CC/C=C/CC/C=C/C(O)C(COC1OC(CO)C(OC2OC(CO)C(OC3OC(CO)C(O)C(O)C3O)C(O)C2O)C(O)C1O)NC(=O)CCCCC/C=C\C/C=C\C/C=C\C/C=C\C/C=C\C/C=C\C/C=C\C/C=C\C/C=C\C/C=C\C/C=C\CC. The quantitative estimate of drug-likeness (QED) is 0.0203. The number of hydrogen-bond acceptors (Lipinski definition) is 18. The summed E-state index contributed by atoms with van der Waals surface area (Å²) in [6.45, 7) is 1.26. The summed E-state index contributed by atoms with van der Waals surface area (Å²) in [4.78, 5) is 13.3. The van der Waals surface area contributed by atoms with Crippen molar-refractivity contribution in [1.82, 2.24) is 5.32 Å². The average molecular weight is 1280 g/mol. The van der Waals surface area contributed by atoms with Crippen LogP contribution in [0.1, 0.15) is 142 Å². The van der Waals surface area contributed by atoms with Crippen LogP contribution >= 0.6 is 0 Å². The first-order chi connectivity index (χ1) is 44.3. The van der Waals surface area contributed by atoms with E-state index in [0.29, 0.717) is 12.8 Å². The lowest BCUT2D eigenvalue weighted by Crippen LogP contribution is -2.66. The van der Waals surface area contributed by atoms with Crippen LogP contribution < -0.4 is 5.32 Å². The maximum absolute atomic E-state index is 13.3. The average Bonchev–Trinajstić information content (AvgIpc) is 0.878. The van der Waals surface area contributed by atoms with Gasteiger partial charge in [0.05, 0.1) is 38.6 Å². The fourth-order valence-corrected chi connectivity index (χ4v) is 9.76. The summed E-state index contributed by atoms with van der Waals surface area (Å²) in [5, 5.41) is 120. The molecule has 0 radical (unpaired) electrons. The number of rotatable bonds is 46. The first kappa shape index (κ1) is 80.4. The fraction of sp³-hybridized carbons (Fsp3) is 0.597. The van der Waals surface area contributed by atoms with Gasteiger partial charge in [-0.25, -0.2) is 0 Å². The highest BCUT2D eigenvalue weighted by Crippen LogP contribution is 2.33. The van der Waals surface area contributed by atoms with E-state index in [-0.39, 0.29) is 12.3 Å². The van der Waals surface area contributed by atoms with Gasteiger partial charge in [-0.1, -0.05) is 183 Å². The lowest BCUT2D eigenvalue weighted by atomic mass is 9.96. The molecule has 1 amide bonds. The maximum Gasteiger partial charge on any atom is 0.220 e. The van der Waals surface area contributed by atoms with Gasteiger partial charge in [0, 0.05) is 6.42 Å². The maximum atomic E-state index is 13.3. The second kappa shape index (κ2) is 51.6. The molecule has 0 aromatic heterocycles. The second-order valence-corrected chi connectivity index (χ2v) is 22.5. The highest BCUT2D eigenvalue weighted by atomic mass is 16.8. The molecule has 0 aliphatic carbocycles. The number of amides is 1. The predicted molar refractivity (Wildman–Crippen MR) is 355 cm³/mol. The molecule has 0 aromatic carbocycles. The van der Waals surface area contributed by atoms with Gasteiger partial charge in [-0.05, 0) is 122 Å². The highest BCUT2D eigenvalue weighted by molar-refractivity contribution is 5.76. The van der Waals surface area contributed by atoms with Gasteiger partial charge >= 0.3 is 0 Å². The summed E-state index contributed by atoms with van der Waals surface area (Å²) in [6, 6.07) is -1.03. The molecule has 3 saturated heterocycles. The summed E-state index contributed by atoms with van der Waals surface area (Å²) in [6.07, 6.45) is 49.6. The van der Waals surface area contributed by atoms with Gasteiger partial charge in [-0.2, -0.15) is 0 Å². The number of unbranched alkanes of at least 4 members (excludes halogenated alkanes) is 5. The van der Waals surface area contributed by atoms with Gasteiger partial charge in [-0.3, -0.25) is 4.79 Å². The molecule has 19 heteroatoms. The normalized spacial score (nSPS) is 29.0. The number of aliphatic hydroxyl groups excluding tert-OH is 11. The van der Waals surface area contributed by atoms with Gasteiger partial charge in [0.15, 0.2) is 18.9 Å². The molecule has 0 aromatic rings. The van der Waals surface area contributed by atoms with E-state index in [9.17, 15) is 61.0 Å². The zero-order valence-corrected chi connectivity index (χ0v) is 53.7. The molecule has 0 spiro atoms. The van der Waals surface area contributed by atoms with E-state index in [4.69, 9.17) is 28.4 Å². The summed E-state index contributed by atoms with van der Waals surface area (Å²) >= 11 is 0. The van der Waals surface area contributed by atoms with Gasteiger partial charge in [0.1, 0.15) is 73.2 Å². The lowest BCUT2D eigenvalue weighted by molar-refractivity contribution is -0.379. The summed E-state index contributed by atoms with van der Waals surface area (Å²) < 4.78 is 34.1. The first-order valence-corrected chi connectivity index (χ1v) is 32.9. The van der Waals surface area contributed by atoms with Crippen LogP contribution in [-0.2, 0) is 33.2 Å².